The molecule has 3 fully saturated rings. The molecule has 2 aromatic carbocycles. The van der Waals surface area contributed by atoms with Crippen LogP contribution in [0.5, 0.6) is 0 Å². The number of aliphatic hydroxyl groups excluding tert-OH is 1. The Morgan fingerprint density at radius 2 is 1.90 bits per heavy atom. The van der Waals surface area contributed by atoms with Gasteiger partial charge in [0.05, 0.1) is 46.5 Å². The number of hydrogen-bond donors (Lipinski definition) is 1. The Bertz CT molecular complexity index is 1360. The molecule has 7 nitrogen and oxygen atoms in total. The van der Waals surface area contributed by atoms with E-state index < -0.39 is 34.6 Å². The lowest BCUT2D eigenvalue weighted by molar-refractivity contribution is -0.154. The number of fused-ring (bicyclic) bond motifs is 1. The van der Waals surface area contributed by atoms with E-state index >= 15 is 0 Å². The number of thioether (sulfide) groups is 1. The quantitative estimate of drug-likeness (QED) is 0.147. The lowest BCUT2D eigenvalue weighted by atomic mass is 9.71. The van der Waals surface area contributed by atoms with E-state index in [0.29, 0.717) is 30.0 Å². The molecule has 2 amide bonds. The lowest BCUT2D eigenvalue weighted by Gasteiger charge is -2.40. The van der Waals surface area contributed by atoms with Crippen LogP contribution in [0.2, 0.25) is 5.02 Å². The molecule has 0 aromatic heterocycles. The SMILES string of the molecule is C=CCCOC(=O)[C@H]1[C@@H]2SC3(CC2Br)C(C(=O)N(CC=C)c2ccccc2Cl)N([C@@H](CO)Cc2ccccc2)C(=O)[C@H]13. The van der Waals surface area contributed by atoms with Crippen LogP contribution in [0.25, 0.3) is 0 Å². The molecule has 3 heterocycles. The minimum Gasteiger partial charge on any atom is -0.465 e. The number of amides is 2. The van der Waals surface area contributed by atoms with Crippen LogP contribution in [0, 0.1) is 11.8 Å². The Balaban J connectivity index is 1.61. The summed E-state index contributed by atoms with van der Waals surface area (Å²) in [5.74, 6) is -2.56. The Hall–Kier alpha value is -2.59. The maximum absolute atomic E-state index is 14.8. The van der Waals surface area contributed by atoms with E-state index in [1.807, 2.05) is 30.3 Å². The number of alkyl halides is 1. The zero-order chi connectivity index (χ0) is 30.0. The molecule has 10 heteroatoms. The highest BCUT2D eigenvalue weighted by Gasteiger charge is 2.76. The number of halogens is 2. The van der Waals surface area contributed by atoms with Gasteiger partial charge in [-0.05, 0) is 37.0 Å². The van der Waals surface area contributed by atoms with Gasteiger partial charge in [-0.3, -0.25) is 14.4 Å². The molecule has 3 unspecified atom stereocenters. The van der Waals surface area contributed by atoms with Crippen LogP contribution in [0.4, 0.5) is 5.69 Å². The molecule has 1 spiro atoms. The second-order valence-corrected chi connectivity index (χ2v) is 14.0. The van der Waals surface area contributed by atoms with Gasteiger partial charge in [0.25, 0.3) is 5.91 Å². The van der Waals surface area contributed by atoms with Crippen molar-refractivity contribution in [2.45, 2.75) is 46.2 Å². The second kappa shape index (κ2) is 13.0. The monoisotopic (exact) mass is 672 g/mol. The summed E-state index contributed by atoms with van der Waals surface area (Å²) < 4.78 is 4.71. The summed E-state index contributed by atoms with van der Waals surface area (Å²) >= 11 is 11.9. The molecule has 3 aliphatic heterocycles. The van der Waals surface area contributed by atoms with Gasteiger partial charge < -0.3 is 19.6 Å². The van der Waals surface area contributed by atoms with Crippen molar-refractivity contribution < 1.29 is 24.2 Å². The summed E-state index contributed by atoms with van der Waals surface area (Å²) in [6, 6.07) is 15.0. The van der Waals surface area contributed by atoms with Crippen LogP contribution in [-0.2, 0) is 25.5 Å². The van der Waals surface area contributed by atoms with E-state index in [2.05, 4.69) is 29.1 Å². The maximum atomic E-state index is 14.8. The molecule has 0 aliphatic carbocycles. The van der Waals surface area contributed by atoms with Gasteiger partial charge in [0.1, 0.15) is 6.04 Å². The van der Waals surface area contributed by atoms with Crippen LogP contribution in [0.1, 0.15) is 18.4 Å². The van der Waals surface area contributed by atoms with Crippen LogP contribution < -0.4 is 4.90 Å². The number of likely N-dealkylation sites (tertiary alicyclic amines) is 1. The molecule has 2 bridgehead atoms. The van der Waals surface area contributed by atoms with Crippen LogP contribution in [0.15, 0.2) is 79.9 Å². The average Bonchev–Trinajstić information content (AvgIpc) is 3.58. The highest BCUT2D eigenvalue weighted by atomic mass is 79.9. The second-order valence-electron chi connectivity index (χ2n) is 10.9. The van der Waals surface area contributed by atoms with Gasteiger partial charge in [0, 0.05) is 16.6 Å². The smallest absolute Gasteiger partial charge is 0.310 e. The number of benzene rings is 2. The van der Waals surface area contributed by atoms with Gasteiger partial charge in [-0.1, -0.05) is 82.1 Å². The van der Waals surface area contributed by atoms with Gasteiger partial charge in [-0.25, -0.2) is 0 Å². The van der Waals surface area contributed by atoms with Gasteiger partial charge in [-0.2, -0.15) is 0 Å². The number of esters is 1. The molecule has 0 saturated carbocycles. The normalized spacial score (nSPS) is 28.3. The zero-order valence-electron chi connectivity index (χ0n) is 23.1. The third-order valence-electron chi connectivity index (χ3n) is 8.44. The molecular weight excluding hydrogens is 640 g/mol. The number of nitrogens with zero attached hydrogens (tertiary/aromatic N) is 2. The number of anilines is 1. The zero-order valence-corrected chi connectivity index (χ0v) is 26.3. The molecule has 42 heavy (non-hydrogen) atoms. The summed E-state index contributed by atoms with van der Waals surface area (Å²) in [5, 5.41) is 10.9. The number of hydrogen-bond acceptors (Lipinski definition) is 6. The predicted molar refractivity (Wildman–Crippen MR) is 170 cm³/mol. The molecule has 3 saturated heterocycles. The van der Waals surface area contributed by atoms with Crippen molar-refractivity contribution in [1.82, 2.24) is 4.90 Å². The highest BCUT2D eigenvalue weighted by molar-refractivity contribution is 9.09. The number of rotatable bonds is 12. The first-order valence-electron chi connectivity index (χ1n) is 14.0. The molecule has 3 aliphatic rings. The van der Waals surface area contributed by atoms with E-state index in [9.17, 15) is 19.5 Å². The first-order chi connectivity index (χ1) is 20.3. The van der Waals surface area contributed by atoms with Crippen molar-refractivity contribution in [2.24, 2.45) is 11.8 Å². The van der Waals surface area contributed by atoms with Gasteiger partial charge in [0.2, 0.25) is 5.91 Å². The number of para-hydroxylation sites is 1. The van der Waals surface area contributed by atoms with Crippen molar-refractivity contribution in [3.8, 4) is 0 Å². The largest absolute Gasteiger partial charge is 0.465 e. The number of ether oxygens (including phenoxy) is 1. The first kappa shape index (κ1) is 30.9. The van der Waals surface area contributed by atoms with Crippen LogP contribution in [-0.4, -0.2) is 74.5 Å². The molecule has 2 aromatic rings. The summed E-state index contributed by atoms with van der Waals surface area (Å²) in [5.41, 5.74) is 1.43. The summed E-state index contributed by atoms with van der Waals surface area (Å²) in [4.78, 5) is 45.9. The van der Waals surface area contributed by atoms with Crippen molar-refractivity contribution in [2.75, 3.05) is 24.7 Å². The highest BCUT2D eigenvalue weighted by Crippen LogP contribution is 2.68. The lowest BCUT2D eigenvalue weighted by Crippen LogP contribution is -2.58. The van der Waals surface area contributed by atoms with Crippen molar-refractivity contribution >= 4 is 62.8 Å². The summed E-state index contributed by atoms with van der Waals surface area (Å²) in [7, 11) is 0. The van der Waals surface area contributed by atoms with Crippen molar-refractivity contribution in [1.29, 1.82) is 0 Å². The average molecular weight is 674 g/mol. The topological polar surface area (TPSA) is 87.2 Å². The minimum atomic E-state index is -0.951. The van der Waals surface area contributed by atoms with Gasteiger partial charge >= 0.3 is 5.97 Å². The summed E-state index contributed by atoms with van der Waals surface area (Å²) in [6.45, 7) is 7.55. The molecule has 5 rings (SSSR count). The third-order valence-corrected chi connectivity index (χ3v) is 12.0. The van der Waals surface area contributed by atoms with E-state index in [-0.39, 0.29) is 41.6 Å². The fourth-order valence-electron chi connectivity index (χ4n) is 6.74. The minimum absolute atomic E-state index is 0.103. The summed E-state index contributed by atoms with van der Waals surface area (Å²) in [6.07, 6.45) is 4.66. The van der Waals surface area contributed by atoms with E-state index in [4.69, 9.17) is 16.3 Å². The van der Waals surface area contributed by atoms with E-state index in [1.54, 1.807) is 46.2 Å². The Morgan fingerprint density at radius 1 is 1.19 bits per heavy atom. The molecule has 222 valence electrons. The fourth-order valence-corrected chi connectivity index (χ4v) is 10.6. The van der Waals surface area contributed by atoms with Crippen LogP contribution >= 0.6 is 39.3 Å². The molecular formula is C32H34BrClN2O5S. The fraction of sp³-hybridized carbons (Fsp3) is 0.406. The number of carbonyl (C=O) groups excluding carboxylic acids is 3. The van der Waals surface area contributed by atoms with Crippen LogP contribution in [0.3, 0.4) is 0 Å². The van der Waals surface area contributed by atoms with E-state index in [0.717, 1.165) is 5.56 Å². The van der Waals surface area contributed by atoms with E-state index in [1.165, 1.54) is 11.8 Å². The molecule has 7 atom stereocenters. The van der Waals surface area contributed by atoms with Crippen molar-refractivity contribution in [3.05, 3.63) is 90.5 Å². The first-order valence-corrected chi connectivity index (χ1v) is 16.2. The molecule has 1 N–H and O–H groups in total. The third kappa shape index (κ3) is 5.34. The van der Waals surface area contributed by atoms with Gasteiger partial charge in [-0.15, -0.1) is 24.9 Å². The standard InChI is InChI=1S/C32H34BrClN2O5S/c1-3-5-16-41-31(40)25-26-29(38)36(21(19-37)17-20-11-7-6-8-12-20)28(32(26)18-22(33)27(25)42-32)30(39)35(15-4-2)24-14-10-9-13-23(24)34/h3-4,6-14,21-22,25-28,37H,1-2,5,15-19H2/t21-,22?,25-,26+,27-,28?,32?/m1/s1. The van der Waals surface area contributed by atoms with Crippen molar-refractivity contribution in [3.63, 3.8) is 0 Å². The Morgan fingerprint density at radius 3 is 2.57 bits per heavy atom. The number of aliphatic hydroxyl groups is 1. The Kier molecular flexibility index (Phi) is 9.52. The number of carbonyl (C=O) groups is 3. The molecule has 0 radical (unpaired) electrons. The maximum Gasteiger partial charge on any atom is 0.310 e. The van der Waals surface area contributed by atoms with Gasteiger partial charge in [0.15, 0.2) is 0 Å². The Labute approximate surface area is 264 Å². The predicted octanol–water partition coefficient (Wildman–Crippen LogP) is 5.05.